The van der Waals surface area contributed by atoms with Crippen LogP contribution in [0.25, 0.3) is 0 Å². The molecule has 2 aromatic rings. The van der Waals surface area contributed by atoms with Crippen LogP contribution in [0.3, 0.4) is 0 Å². The Morgan fingerprint density at radius 2 is 1.90 bits per heavy atom. The zero-order valence-corrected chi connectivity index (χ0v) is 16.1. The van der Waals surface area contributed by atoms with E-state index in [9.17, 15) is 28.1 Å². The molecule has 30 heavy (non-hydrogen) atoms. The molecule has 0 aliphatic carbocycles. The van der Waals surface area contributed by atoms with E-state index in [1.165, 1.54) is 12.2 Å². The molecular weight excluding hydrogens is 405 g/mol. The monoisotopic (exact) mass is 424 g/mol. The number of hydrogen-bond donors (Lipinski definition) is 1. The predicted molar refractivity (Wildman–Crippen MR) is 104 cm³/mol. The molecule has 0 spiro atoms. The van der Waals surface area contributed by atoms with Crippen LogP contribution in [0.2, 0.25) is 0 Å². The van der Waals surface area contributed by atoms with Crippen molar-refractivity contribution in [2.45, 2.75) is 26.1 Å². The minimum Gasteiger partial charge on any atom is -0.487 e. The highest BCUT2D eigenvalue weighted by atomic mass is 19.4. The number of carbonyl (C=O) groups excluding carboxylic acids is 1. The van der Waals surface area contributed by atoms with Crippen LogP contribution < -0.4 is 10.1 Å². The molecule has 0 saturated carbocycles. The molecule has 0 aromatic heterocycles. The van der Waals surface area contributed by atoms with Crippen LogP contribution in [0.5, 0.6) is 5.75 Å². The fourth-order valence-electron chi connectivity index (χ4n) is 2.40. The van der Waals surface area contributed by atoms with Gasteiger partial charge in [0.15, 0.2) is 0 Å². The Morgan fingerprint density at radius 3 is 2.47 bits per heavy atom. The van der Waals surface area contributed by atoms with Gasteiger partial charge < -0.3 is 14.8 Å². The summed E-state index contributed by atoms with van der Waals surface area (Å²) in [6.45, 7) is 3.68. The second-order valence-electron chi connectivity index (χ2n) is 6.07. The van der Waals surface area contributed by atoms with Gasteiger partial charge in [-0.15, -0.1) is 0 Å². The highest BCUT2D eigenvalue weighted by Crippen LogP contribution is 2.36. The van der Waals surface area contributed by atoms with Gasteiger partial charge in [0.25, 0.3) is 5.69 Å². The van der Waals surface area contributed by atoms with Crippen LogP contribution in [0.1, 0.15) is 19.4 Å². The molecule has 0 fully saturated rings. The molecule has 1 atom stereocenters. The number of benzene rings is 2. The molecule has 2 aromatic carbocycles. The molecule has 0 radical (unpaired) electrons. The molecule has 0 amide bonds. The predicted octanol–water partition coefficient (Wildman–Crippen LogP) is 5.24. The third-order valence-corrected chi connectivity index (χ3v) is 3.77. The largest absolute Gasteiger partial charge is 0.487 e. The first kappa shape index (κ1) is 22.7. The van der Waals surface area contributed by atoms with Gasteiger partial charge in [0.2, 0.25) is 0 Å². The van der Waals surface area contributed by atoms with E-state index < -0.39 is 34.4 Å². The number of alkyl halides is 3. The highest BCUT2D eigenvalue weighted by molar-refractivity contribution is 5.81. The average Bonchev–Trinajstić information content (AvgIpc) is 2.67. The van der Waals surface area contributed by atoms with Gasteiger partial charge in [0.1, 0.15) is 17.5 Å². The van der Waals surface area contributed by atoms with Gasteiger partial charge in [0, 0.05) is 17.8 Å². The van der Waals surface area contributed by atoms with E-state index >= 15 is 0 Å². The van der Waals surface area contributed by atoms with Crippen molar-refractivity contribution in [1.29, 1.82) is 0 Å². The molecular formula is C20H19F3N2O5. The number of nitro benzene ring substituents is 1. The molecule has 160 valence electrons. The van der Waals surface area contributed by atoms with Crippen molar-refractivity contribution in [3.05, 3.63) is 70.3 Å². The lowest BCUT2D eigenvalue weighted by Crippen LogP contribution is -2.09. The number of halogens is 3. The Labute approximate surface area is 170 Å². The number of hydrogen-bond acceptors (Lipinski definition) is 6. The van der Waals surface area contributed by atoms with Crippen molar-refractivity contribution in [1.82, 2.24) is 0 Å². The Balaban J connectivity index is 2.09. The summed E-state index contributed by atoms with van der Waals surface area (Å²) in [5.41, 5.74) is -1.46. The van der Waals surface area contributed by atoms with Crippen LogP contribution in [-0.2, 0) is 15.7 Å². The summed E-state index contributed by atoms with van der Waals surface area (Å²) >= 11 is 0. The summed E-state index contributed by atoms with van der Waals surface area (Å²) in [5.74, 6) is -0.0193. The Hall–Kier alpha value is -3.56. The fourth-order valence-corrected chi connectivity index (χ4v) is 2.40. The van der Waals surface area contributed by atoms with Crippen LogP contribution in [0, 0.1) is 10.1 Å². The third-order valence-electron chi connectivity index (χ3n) is 3.77. The summed E-state index contributed by atoms with van der Waals surface area (Å²) in [4.78, 5) is 21.6. The molecule has 0 aliphatic rings. The lowest BCUT2D eigenvalue weighted by molar-refractivity contribution is -0.384. The average molecular weight is 424 g/mol. The lowest BCUT2D eigenvalue weighted by atomic mass is 10.1. The number of nitro groups is 1. The molecule has 0 saturated heterocycles. The maximum absolute atomic E-state index is 12.8. The van der Waals surface area contributed by atoms with Crippen molar-refractivity contribution in [3.63, 3.8) is 0 Å². The number of ether oxygens (including phenoxy) is 2. The maximum atomic E-state index is 12.8. The molecule has 0 heterocycles. The highest BCUT2D eigenvalue weighted by Gasteiger charge is 2.33. The first-order valence-corrected chi connectivity index (χ1v) is 8.84. The van der Waals surface area contributed by atoms with Gasteiger partial charge in [-0.25, -0.2) is 4.79 Å². The summed E-state index contributed by atoms with van der Waals surface area (Å²) in [6, 6.07) is 8.52. The van der Waals surface area contributed by atoms with Crippen molar-refractivity contribution in [2.75, 3.05) is 11.9 Å². The van der Waals surface area contributed by atoms with Gasteiger partial charge in [0.05, 0.1) is 17.1 Å². The van der Waals surface area contributed by atoms with E-state index in [-0.39, 0.29) is 12.3 Å². The fraction of sp³-hybridized carbons (Fsp3) is 0.250. The van der Waals surface area contributed by atoms with Gasteiger partial charge in [-0.3, -0.25) is 10.1 Å². The molecule has 1 unspecified atom stereocenters. The maximum Gasteiger partial charge on any atom is 0.416 e. The SMILES string of the molecule is CCOC(=O)/C=C/C(C)Oc1ccc(Nc2ccc(C(F)(F)F)cc2[N+](=O)[O-])cc1. The first-order chi connectivity index (χ1) is 14.1. The second-order valence-corrected chi connectivity index (χ2v) is 6.07. The van der Waals surface area contributed by atoms with Gasteiger partial charge in [-0.2, -0.15) is 13.2 Å². The quantitative estimate of drug-likeness (QED) is 0.270. The standard InChI is InChI=1S/C20H19F3N2O5/c1-3-29-19(26)11-4-13(2)30-16-8-6-15(7-9-16)24-17-10-5-14(20(21,22)23)12-18(17)25(27)28/h4-13,24H,3H2,1-2H3/b11-4+. The number of nitrogens with zero attached hydrogens (tertiary/aromatic N) is 1. The zero-order chi connectivity index (χ0) is 22.3. The van der Waals surface area contributed by atoms with Crippen LogP contribution in [0.4, 0.5) is 30.2 Å². The minimum absolute atomic E-state index is 0.0765. The van der Waals surface area contributed by atoms with E-state index in [4.69, 9.17) is 9.47 Å². The van der Waals surface area contributed by atoms with Gasteiger partial charge in [-0.05, 0) is 56.3 Å². The number of rotatable bonds is 8. The Morgan fingerprint density at radius 1 is 1.23 bits per heavy atom. The van der Waals surface area contributed by atoms with E-state index in [1.807, 2.05) is 0 Å². The Kier molecular flexibility index (Phi) is 7.40. The van der Waals surface area contributed by atoms with Gasteiger partial charge in [-0.1, -0.05) is 0 Å². The van der Waals surface area contributed by atoms with Crippen molar-refractivity contribution in [3.8, 4) is 5.75 Å². The van der Waals surface area contributed by atoms with E-state index in [0.29, 0.717) is 17.5 Å². The zero-order valence-electron chi connectivity index (χ0n) is 16.1. The van der Waals surface area contributed by atoms with E-state index in [2.05, 4.69) is 5.32 Å². The smallest absolute Gasteiger partial charge is 0.416 e. The normalized spacial score (nSPS) is 12.4. The third kappa shape index (κ3) is 6.50. The summed E-state index contributed by atoms with van der Waals surface area (Å²) in [5, 5.41) is 13.9. The molecule has 1 N–H and O–H groups in total. The van der Waals surface area contributed by atoms with Crippen molar-refractivity contribution in [2.24, 2.45) is 0 Å². The lowest BCUT2D eigenvalue weighted by Gasteiger charge is -2.13. The number of carbonyl (C=O) groups is 1. The van der Waals surface area contributed by atoms with Gasteiger partial charge >= 0.3 is 12.1 Å². The number of anilines is 2. The minimum atomic E-state index is -4.68. The molecule has 0 aliphatic heterocycles. The summed E-state index contributed by atoms with van der Waals surface area (Å²) in [7, 11) is 0. The first-order valence-electron chi connectivity index (χ1n) is 8.84. The molecule has 7 nitrogen and oxygen atoms in total. The van der Waals surface area contributed by atoms with Crippen LogP contribution >= 0.6 is 0 Å². The van der Waals surface area contributed by atoms with Crippen molar-refractivity contribution < 1.29 is 32.4 Å². The Bertz CT molecular complexity index is 927. The van der Waals surface area contributed by atoms with E-state index in [1.54, 1.807) is 38.1 Å². The van der Waals surface area contributed by atoms with Crippen LogP contribution in [0.15, 0.2) is 54.6 Å². The number of esters is 1. The number of nitrogens with one attached hydrogen (secondary N) is 1. The topological polar surface area (TPSA) is 90.7 Å². The second kappa shape index (κ2) is 9.77. The molecule has 2 rings (SSSR count). The van der Waals surface area contributed by atoms with E-state index in [0.717, 1.165) is 12.1 Å². The summed E-state index contributed by atoms with van der Waals surface area (Å²) in [6.07, 6.45) is -2.33. The summed E-state index contributed by atoms with van der Waals surface area (Å²) < 4.78 is 48.7. The molecule has 0 bridgehead atoms. The van der Waals surface area contributed by atoms with Crippen LogP contribution in [-0.4, -0.2) is 23.6 Å². The molecule has 10 heteroatoms. The van der Waals surface area contributed by atoms with Crippen molar-refractivity contribution >= 4 is 23.0 Å².